The number of nitrogens with one attached hydrogen (secondary N) is 1. The second-order valence-corrected chi connectivity index (χ2v) is 7.15. The minimum Gasteiger partial charge on any atom is -0.351 e. The third kappa shape index (κ3) is 3.64. The Bertz CT molecular complexity index is 1150. The number of carbonyl (C=O) groups excluding carboxylic acids is 1. The van der Waals surface area contributed by atoms with Gasteiger partial charge in [0.1, 0.15) is 5.69 Å². The lowest BCUT2D eigenvalue weighted by Crippen LogP contribution is -2.29. The Kier molecular flexibility index (Phi) is 4.88. The van der Waals surface area contributed by atoms with Crippen LogP contribution in [-0.4, -0.2) is 39.5 Å². The summed E-state index contributed by atoms with van der Waals surface area (Å²) in [6, 6.07) is 15.2. The van der Waals surface area contributed by atoms with Crippen LogP contribution in [0.15, 0.2) is 53.1 Å². The number of carbonyl (C=O) groups is 1. The van der Waals surface area contributed by atoms with Crippen LogP contribution in [-0.2, 0) is 6.42 Å². The third-order valence-electron chi connectivity index (χ3n) is 4.60. The van der Waals surface area contributed by atoms with Crippen LogP contribution in [0.3, 0.4) is 0 Å². The standard InChI is InChI=1S/C21H19ClN4O2/c1-13-7-8-17-14(11-13)12-18(23-17)20-24-19(25-28-20)9-10-26(2)21(27)15-5-3-4-6-16(15)22/h3-8,11-12,23H,9-10H2,1-2H3. The Balaban J connectivity index is 1.44. The molecular formula is C21H19ClN4O2. The number of aryl methyl sites for hydroxylation is 1. The first-order valence-corrected chi connectivity index (χ1v) is 9.31. The molecule has 0 radical (unpaired) electrons. The molecule has 0 saturated carbocycles. The fourth-order valence-corrected chi connectivity index (χ4v) is 3.26. The van der Waals surface area contributed by atoms with Gasteiger partial charge in [-0.1, -0.05) is 40.5 Å². The molecule has 6 nitrogen and oxygen atoms in total. The fraction of sp³-hybridized carbons (Fsp3) is 0.190. The molecule has 0 aliphatic rings. The summed E-state index contributed by atoms with van der Waals surface area (Å²) < 4.78 is 5.39. The van der Waals surface area contributed by atoms with E-state index in [1.54, 1.807) is 36.2 Å². The molecule has 4 aromatic rings. The fourth-order valence-electron chi connectivity index (χ4n) is 3.04. The molecule has 2 aromatic carbocycles. The molecule has 0 bridgehead atoms. The van der Waals surface area contributed by atoms with Crippen molar-refractivity contribution >= 4 is 28.4 Å². The Morgan fingerprint density at radius 2 is 2.04 bits per heavy atom. The Morgan fingerprint density at radius 3 is 2.86 bits per heavy atom. The van der Waals surface area contributed by atoms with Crippen LogP contribution in [0.2, 0.25) is 5.02 Å². The molecule has 0 aliphatic heterocycles. The van der Waals surface area contributed by atoms with Crippen molar-refractivity contribution in [2.75, 3.05) is 13.6 Å². The molecule has 7 heteroatoms. The Hall–Kier alpha value is -3.12. The zero-order valence-corrected chi connectivity index (χ0v) is 16.3. The van der Waals surface area contributed by atoms with E-state index in [1.165, 1.54) is 5.56 Å². The topological polar surface area (TPSA) is 75.0 Å². The highest BCUT2D eigenvalue weighted by Crippen LogP contribution is 2.24. The average molecular weight is 395 g/mol. The van der Waals surface area contributed by atoms with E-state index in [4.69, 9.17) is 16.1 Å². The quantitative estimate of drug-likeness (QED) is 0.541. The molecule has 4 rings (SSSR count). The van der Waals surface area contributed by atoms with Gasteiger partial charge in [-0.05, 0) is 37.3 Å². The monoisotopic (exact) mass is 394 g/mol. The van der Waals surface area contributed by atoms with E-state index in [0.717, 1.165) is 16.6 Å². The Morgan fingerprint density at radius 1 is 1.21 bits per heavy atom. The van der Waals surface area contributed by atoms with Crippen molar-refractivity contribution in [3.8, 4) is 11.6 Å². The van der Waals surface area contributed by atoms with Gasteiger partial charge in [0.15, 0.2) is 5.82 Å². The number of likely N-dealkylation sites (N-methyl/N-ethyl adjacent to an activating group) is 1. The molecule has 1 amide bonds. The predicted octanol–water partition coefficient (Wildman–Crippen LogP) is 4.49. The maximum Gasteiger partial charge on any atom is 0.274 e. The Labute approximate surface area is 167 Å². The summed E-state index contributed by atoms with van der Waals surface area (Å²) >= 11 is 6.10. The first kappa shape index (κ1) is 18.3. The third-order valence-corrected chi connectivity index (χ3v) is 4.93. The molecule has 0 atom stereocenters. The summed E-state index contributed by atoms with van der Waals surface area (Å²) in [5.74, 6) is 0.841. The summed E-state index contributed by atoms with van der Waals surface area (Å²) in [5, 5.41) is 5.57. The van der Waals surface area contributed by atoms with Gasteiger partial charge >= 0.3 is 0 Å². The van der Waals surface area contributed by atoms with Gasteiger partial charge in [-0.3, -0.25) is 4.79 Å². The highest BCUT2D eigenvalue weighted by Gasteiger charge is 2.16. The van der Waals surface area contributed by atoms with Crippen LogP contribution in [0.4, 0.5) is 0 Å². The van der Waals surface area contributed by atoms with Crippen molar-refractivity contribution in [3.63, 3.8) is 0 Å². The predicted molar refractivity (Wildman–Crippen MR) is 108 cm³/mol. The second-order valence-electron chi connectivity index (χ2n) is 6.75. The van der Waals surface area contributed by atoms with Crippen LogP contribution in [0.5, 0.6) is 0 Å². The number of aromatic amines is 1. The minimum absolute atomic E-state index is 0.139. The van der Waals surface area contributed by atoms with Gasteiger partial charge in [-0.2, -0.15) is 4.98 Å². The maximum atomic E-state index is 12.5. The lowest BCUT2D eigenvalue weighted by molar-refractivity contribution is 0.0796. The number of fused-ring (bicyclic) bond motifs is 1. The van der Waals surface area contributed by atoms with E-state index in [0.29, 0.717) is 35.3 Å². The molecule has 2 aromatic heterocycles. The second kappa shape index (κ2) is 7.48. The zero-order valence-electron chi connectivity index (χ0n) is 15.6. The van der Waals surface area contributed by atoms with Gasteiger partial charge in [-0.25, -0.2) is 0 Å². The number of hydrogen-bond donors (Lipinski definition) is 1. The number of nitrogens with zero attached hydrogens (tertiary/aromatic N) is 3. The number of aromatic nitrogens is 3. The van der Waals surface area contributed by atoms with Gasteiger partial charge in [0.2, 0.25) is 0 Å². The molecule has 0 fully saturated rings. The lowest BCUT2D eigenvalue weighted by Gasteiger charge is -2.16. The van der Waals surface area contributed by atoms with Crippen LogP contribution in [0.1, 0.15) is 21.7 Å². The number of H-pyrrole nitrogens is 1. The van der Waals surface area contributed by atoms with Crippen molar-refractivity contribution < 1.29 is 9.32 Å². The molecule has 28 heavy (non-hydrogen) atoms. The van der Waals surface area contributed by atoms with Crippen LogP contribution < -0.4 is 0 Å². The smallest absolute Gasteiger partial charge is 0.274 e. The normalized spacial score (nSPS) is 11.1. The first-order valence-electron chi connectivity index (χ1n) is 8.93. The summed E-state index contributed by atoms with van der Waals surface area (Å²) in [6.45, 7) is 2.51. The van der Waals surface area contributed by atoms with E-state index in [2.05, 4.69) is 28.1 Å². The molecular weight excluding hydrogens is 376 g/mol. The molecule has 0 spiro atoms. The van der Waals surface area contributed by atoms with Crippen LogP contribution in [0, 0.1) is 6.92 Å². The number of halogens is 1. The van der Waals surface area contributed by atoms with Gasteiger partial charge in [0.05, 0.1) is 10.6 Å². The first-order chi connectivity index (χ1) is 13.5. The SMILES string of the molecule is Cc1ccc2[nH]c(-c3nc(CCN(C)C(=O)c4ccccc4Cl)no3)cc2c1. The van der Waals surface area contributed by atoms with Crippen LogP contribution in [0.25, 0.3) is 22.5 Å². The highest BCUT2D eigenvalue weighted by molar-refractivity contribution is 6.33. The van der Waals surface area contributed by atoms with Gasteiger partial charge in [-0.15, -0.1) is 0 Å². The van der Waals surface area contributed by atoms with E-state index in [1.807, 2.05) is 18.2 Å². The maximum absolute atomic E-state index is 12.5. The van der Waals surface area contributed by atoms with Crippen LogP contribution >= 0.6 is 11.6 Å². The summed E-state index contributed by atoms with van der Waals surface area (Å²) in [6.07, 6.45) is 0.482. The zero-order chi connectivity index (χ0) is 19.7. The van der Waals surface area contributed by atoms with Crippen molar-refractivity contribution in [1.29, 1.82) is 0 Å². The lowest BCUT2D eigenvalue weighted by atomic mass is 10.2. The number of rotatable bonds is 5. The largest absolute Gasteiger partial charge is 0.351 e. The van der Waals surface area contributed by atoms with Gasteiger partial charge in [0.25, 0.3) is 11.8 Å². The van der Waals surface area contributed by atoms with Crippen molar-refractivity contribution in [2.24, 2.45) is 0 Å². The summed E-state index contributed by atoms with van der Waals surface area (Å²) in [5.41, 5.74) is 3.47. The van der Waals surface area contributed by atoms with Crippen molar-refractivity contribution in [3.05, 3.63) is 70.5 Å². The van der Waals surface area contributed by atoms with Crippen molar-refractivity contribution in [2.45, 2.75) is 13.3 Å². The number of benzene rings is 2. The molecule has 2 heterocycles. The molecule has 1 N–H and O–H groups in total. The summed E-state index contributed by atoms with van der Waals surface area (Å²) in [4.78, 5) is 21.8. The van der Waals surface area contributed by atoms with E-state index in [9.17, 15) is 4.79 Å². The summed E-state index contributed by atoms with van der Waals surface area (Å²) in [7, 11) is 1.73. The van der Waals surface area contributed by atoms with Crippen molar-refractivity contribution in [1.82, 2.24) is 20.0 Å². The highest BCUT2D eigenvalue weighted by atomic mass is 35.5. The van der Waals surface area contributed by atoms with E-state index in [-0.39, 0.29) is 5.91 Å². The van der Waals surface area contributed by atoms with E-state index < -0.39 is 0 Å². The molecule has 0 saturated heterocycles. The molecule has 0 unspecified atom stereocenters. The minimum atomic E-state index is -0.139. The number of hydrogen-bond acceptors (Lipinski definition) is 4. The van der Waals surface area contributed by atoms with Gasteiger partial charge in [0, 0.05) is 30.9 Å². The molecule has 142 valence electrons. The molecule has 0 aliphatic carbocycles. The number of amides is 1. The van der Waals surface area contributed by atoms with E-state index >= 15 is 0 Å². The van der Waals surface area contributed by atoms with Gasteiger partial charge < -0.3 is 14.4 Å². The average Bonchev–Trinajstić information content (AvgIpc) is 3.32.